The topological polar surface area (TPSA) is 68.5 Å². The molecule has 0 fully saturated rings. The summed E-state index contributed by atoms with van der Waals surface area (Å²) in [5.41, 5.74) is 3.66. The standard InChI is InChI=1S/C20H20N4O2S/c1-26-12-6-11-21-18(25)13-27-20-23-15-8-3-2-7-14(15)19-22-16-9-4-5-10-17(16)24(19)20/h2-5,7-10H,6,11-13H2,1H3,(H,21,25). The number of methoxy groups -OCH3 is 1. The minimum atomic E-state index is -0.0105. The van der Waals surface area contributed by atoms with Gasteiger partial charge in [-0.25, -0.2) is 9.97 Å². The van der Waals surface area contributed by atoms with Gasteiger partial charge < -0.3 is 10.1 Å². The van der Waals surface area contributed by atoms with Gasteiger partial charge >= 0.3 is 0 Å². The van der Waals surface area contributed by atoms with Gasteiger partial charge in [0.05, 0.1) is 22.3 Å². The second-order valence-corrected chi connectivity index (χ2v) is 7.10. The third-order valence-electron chi connectivity index (χ3n) is 4.29. The van der Waals surface area contributed by atoms with E-state index >= 15 is 0 Å². The Kier molecular flexibility index (Phi) is 5.22. The highest BCUT2D eigenvalue weighted by atomic mass is 32.2. The fourth-order valence-electron chi connectivity index (χ4n) is 3.04. The van der Waals surface area contributed by atoms with Crippen molar-refractivity contribution in [2.24, 2.45) is 0 Å². The van der Waals surface area contributed by atoms with E-state index in [2.05, 4.69) is 5.32 Å². The van der Waals surface area contributed by atoms with E-state index in [9.17, 15) is 4.79 Å². The van der Waals surface area contributed by atoms with Crippen LogP contribution < -0.4 is 5.32 Å². The Morgan fingerprint density at radius 1 is 1.11 bits per heavy atom. The summed E-state index contributed by atoms with van der Waals surface area (Å²) in [6.45, 7) is 1.25. The molecule has 2 aromatic carbocycles. The molecule has 138 valence electrons. The predicted molar refractivity (Wildman–Crippen MR) is 108 cm³/mol. The number of fused-ring (bicyclic) bond motifs is 5. The Hall–Kier alpha value is -2.64. The third kappa shape index (κ3) is 3.61. The first-order chi connectivity index (χ1) is 13.3. The number of amides is 1. The normalized spacial score (nSPS) is 11.4. The molecule has 2 heterocycles. The minimum absolute atomic E-state index is 0.0105. The average molecular weight is 380 g/mol. The smallest absolute Gasteiger partial charge is 0.230 e. The van der Waals surface area contributed by atoms with Gasteiger partial charge in [0.2, 0.25) is 5.91 Å². The zero-order chi connectivity index (χ0) is 18.6. The van der Waals surface area contributed by atoms with E-state index in [1.807, 2.05) is 52.9 Å². The number of hydrogen-bond acceptors (Lipinski definition) is 5. The third-order valence-corrected chi connectivity index (χ3v) is 5.23. The van der Waals surface area contributed by atoms with Crippen molar-refractivity contribution in [3.8, 4) is 0 Å². The number of rotatable bonds is 7. The summed E-state index contributed by atoms with van der Waals surface area (Å²) in [5.74, 6) is 0.295. The molecule has 0 saturated carbocycles. The van der Waals surface area contributed by atoms with E-state index in [-0.39, 0.29) is 5.91 Å². The quantitative estimate of drug-likeness (QED) is 0.303. The number of nitrogens with one attached hydrogen (secondary N) is 1. The molecule has 7 heteroatoms. The van der Waals surface area contributed by atoms with E-state index in [1.54, 1.807) is 7.11 Å². The summed E-state index contributed by atoms with van der Waals surface area (Å²) in [4.78, 5) is 21.7. The molecule has 0 aliphatic rings. The first kappa shape index (κ1) is 17.8. The van der Waals surface area contributed by atoms with Crippen LogP contribution in [0, 0.1) is 0 Å². The van der Waals surface area contributed by atoms with Crippen LogP contribution in [0.2, 0.25) is 0 Å². The first-order valence-corrected chi connectivity index (χ1v) is 9.81. The van der Waals surface area contributed by atoms with Crippen molar-refractivity contribution in [2.75, 3.05) is 26.0 Å². The summed E-state index contributed by atoms with van der Waals surface area (Å²) >= 11 is 1.42. The van der Waals surface area contributed by atoms with Gasteiger partial charge in [0.1, 0.15) is 5.65 Å². The summed E-state index contributed by atoms with van der Waals surface area (Å²) in [7, 11) is 1.66. The van der Waals surface area contributed by atoms with Crippen molar-refractivity contribution in [1.29, 1.82) is 0 Å². The van der Waals surface area contributed by atoms with E-state index < -0.39 is 0 Å². The SMILES string of the molecule is COCCCNC(=O)CSc1nc2ccccc2c2nc3ccccc3n12. The molecule has 0 unspecified atom stereocenters. The Morgan fingerprint density at radius 2 is 1.89 bits per heavy atom. The number of para-hydroxylation sites is 3. The second kappa shape index (κ2) is 7.94. The van der Waals surface area contributed by atoms with Crippen LogP contribution in [-0.4, -0.2) is 46.3 Å². The number of benzene rings is 2. The number of ether oxygens (including phenoxy) is 1. The van der Waals surface area contributed by atoms with Gasteiger partial charge in [0.25, 0.3) is 0 Å². The second-order valence-electron chi connectivity index (χ2n) is 6.16. The molecular weight excluding hydrogens is 360 g/mol. The lowest BCUT2D eigenvalue weighted by Gasteiger charge is -2.09. The molecule has 0 aliphatic carbocycles. The van der Waals surface area contributed by atoms with Crippen LogP contribution in [-0.2, 0) is 9.53 Å². The van der Waals surface area contributed by atoms with E-state index in [0.29, 0.717) is 18.9 Å². The number of carbonyl (C=O) groups is 1. The van der Waals surface area contributed by atoms with E-state index in [0.717, 1.165) is 39.2 Å². The van der Waals surface area contributed by atoms with Crippen LogP contribution in [0.5, 0.6) is 0 Å². The van der Waals surface area contributed by atoms with Gasteiger partial charge in [0, 0.05) is 25.6 Å². The van der Waals surface area contributed by atoms with Crippen LogP contribution in [0.25, 0.3) is 27.6 Å². The summed E-state index contributed by atoms with van der Waals surface area (Å²) in [6, 6.07) is 15.9. The van der Waals surface area contributed by atoms with Crippen molar-refractivity contribution in [2.45, 2.75) is 11.6 Å². The lowest BCUT2D eigenvalue weighted by molar-refractivity contribution is -0.118. The van der Waals surface area contributed by atoms with E-state index in [4.69, 9.17) is 14.7 Å². The maximum atomic E-state index is 12.2. The molecule has 0 aliphatic heterocycles. The van der Waals surface area contributed by atoms with Crippen molar-refractivity contribution in [3.63, 3.8) is 0 Å². The molecule has 4 rings (SSSR count). The van der Waals surface area contributed by atoms with Gasteiger partial charge in [-0.1, -0.05) is 36.0 Å². The number of hydrogen-bond donors (Lipinski definition) is 1. The fraction of sp³-hybridized carbons (Fsp3) is 0.250. The molecular formula is C20H20N4O2S. The predicted octanol–water partition coefficient (Wildman–Crippen LogP) is 3.28. The van der Waals surface area contributed by atoms with Crippen molar-refractivity contribution < 1.29 is 9.53 Å². The molecule has 4 aromatic rings. The Bertz CT molecular complexity index is 1110. The van der Waals surface area contributed by atoms with Gasteiger partial charge in [-0.15, -0.1) is 0 Å². The summed E-state index contributed by atoms with van der Waals surface area (Å²) in [5, 5.41) is 4.68. The number of thioether (sulfide) groups is 1. The van der Waals surface area contributed by atoms with Crippen LogP contribution in [0.3, 0.4) is 0 Å². The van der Waals surface area contributed by atoms with Crippen molar-refractivity contribution in [3.05, 3.63) is 48.5 Å². The molecule has 0 spiro atoms. The van der Waals surface area contributed by atoms with Crippen LogP contribution in [0.15, 0.2) is 53.7 Å². The Labute approximate surface area is 160 Å². The summed E-state index contributed by atoms with van der Waals surface area (Å²) in [6.07, 6.45) is 0.803. The highest BCUT2D eigenvalue weighted by Gasteiger charge is 2.15. The highest BCUT2D eigenvalue weighted by Crippen LogP contribution is 2.28. The number of nitrogens with zero attached hydrogens (tertiary/aromatic N) is 3. The molecule has 27 heavy (non-hydrogen) atoms. The van der Waals surface area contributed by atoms with Crippen molar-refractivity contribution in [1.82, 2.24) is 19.7 Å². The molecule has 2 aromatic heterocycles. The van der Waals surface area contributed by atoms with Crippen LogP contribution in [0.4, 0.5) is 0 Å². The zero-order valence-electron chi connectivity index (χ0n) is 15.0. The first-order valence-electron chi connectivity index (χ1n) is 8.82. The maximum absolute atomic E-state index is 12.2. The Morgan fingerprint density at radius 3 is 2.74 bits per heavy atom. The van der Waals surface area contributed by atoms with E-state index in [1.165, 1.54) is 11.8 Å². The monoisotopic (exact) mass is 380 g/mol. The van der Waals surface area contributed by atoms with Gasteiger partial charge in [-0.05, 0) is 30.7 Å². The Balaban J connectivity index is 1.67. The van der Waals surface area contributed by atoms with Gasteiger partial charge in [-0.2, -0.15) is 0 Å². The number of imidazole rings is 1. The van der Waals surface area contributed by atoms with Gasteiger partial charge in [0.15, 0.2) is 5.16 Å². The number of aromatic nitrogens is 3. The molecule has 0 bridgehead atoms. The van der Waals surface area contributed by atoms with Gasteiger partial charge in [-0.3, -0.25) is 9.20 Å². The molecule has 0 saturated heterocycles. The van der Waals surface area contributed by atoms with Crippen molar-refractivity contribution >= 4 is 45.3 Å². The lowest BCUT2D eigenvalue weighted by Crippen LogP contribution is -2.27. The highest BCUT2D eigenvalue weighted by molar-refractivity contribution is 7.99. The lowest BCUT2D eigenvalue weighted by atomic mass is 10.2. The minimum Gasteiger partial charge on any atom is -0.385 e. The largest absolute Gasteiger partial charge is 0.385 e. The van der Waals surface area contributed by atoms with Crippen LogP contribution in [0.1, 0.15) is 6.42 Å². The average Bonchev–Trinajstić information content (AvgIpc) is 3.09. The maximum Gasteiger partial charge on any atom is 0.230 e. The molecule has 6 nitrogen and oxygen atoms in total. The fourth-order valence-corrected chi connectivity index (χ4v) is 3.87. The molecule has 0 atom stereocenters. The summed E-state index contributed by atoms with van der Waals surface area (Å²) < 4.78 is 7.04. The molecule has 1 N–H and O–H groups in total. The van der Waals surface area contributed by atoms with Crippen LogP contribution >= 0.6 is 11.8 Å². The molecule has 1 amide bonds. The zero-order valence-corrected chi connectivity index (χ0v) is 15.8. The molecule has 0 radical (unpaired) electrons. The number of carbonyl (C=O) groups excluding carboxylic acids is 1.